The first-order chi connectivity index (χ1) is 8.66. The first-order valence-corrected chi connectivity index (χ1v) is 5.80. The molecule has 0 heterocycles. The number of carbonyl (C=O) groups excluding carboxylic acids is 1. The smallest absolute Gasteiger partial charge is 0.248 e. The van der Waals surface area contributed by atoms with Gasteiger partial charge in [0.15, 0.2) is 0 Å². The summed E-state index contributed by atoms with van der Waals surface area (Å²) in [6.45, 7) is 0.349. The molecule has 0 saturated heterocycles. The van der Waals surface area contributed by atoms with Gasteiger partial charge in [-0.25, -0.2) is 0 Å². The van der Waals surface area contributed by atoms with Crippen molar-refractivity contribution in [2.45, 2.75) is 6.61 Å². The van der Waals surface area contributed by atoms with Gasteiger partial charge < -0.3 is 10.5 Å². The normalized spacial score (nSPS) is 10.1. The van der Waals surface area contributed by atoms with E-state index in [1.165, 1.54) is 0 Å². The lowest BCUT2D eigenvalue weighted by molar-refractivity contribution is 0.1000. The molecule has 18 heavy (non-hydrogen) atoms. The number of halogens is 1. The molecule has 0 aliphatic rings. The summed E-state index contributed by atoms with van der Waals surface area (Å²) >= 11 is 6.02. The molecule has 2 aromatic carbocycles. The average molecular weight is 262 g/mol. The number of benzene rings is 2. The van der Waals surface area contributed by atoms with Gasteiger partial charge in [0.05, 0.1) is 0 Å². The largest absolute Gasteiger partial charge is 0.489 e. The van der Waals surface area contributed by atoms with Gasteiger partial charge in [-0.1, -0.05) is 35.9 Å². The van der Waals surface area contributed by atoms with Crippen LogP contribution in [-0.4, -0.2) is 5.91 Å². The second-order valence-corrected chi connectivity index (χ2v) is 4.18. The first kappa shape index (κ1) is 12.5. The number of rotatable bonds is 4. The zero-order chi connectivity index (χ0) is 13.0. The maximum atomic E-state index is 11.0. The molecule has 0 aliphatic heterocycles. The maximum Gasteiger partial charge on any atom is 0.248 e. The molecule has 3 nitrogen and oxygen atoms in total. The number of nitrogens with two attached hydrogens (primary N) is 1. The van der Waals surface area contributed by atoms with E-state index in [1.807, 2.05) is 18.2 Å². The molecule has 0 aliphatic carbocycles. The molecule has 2 rings (SSSR count). The van der Waals surface area contributed by atoms with Crippen molar-refractivity contribution in [3.8, 4) is 5.75 Å². The SMILES string of the molecule is NC(=O)c1cccc(OCc2ccccc2Cl)c1. The standard InChI is InChI=1S/C14H12ClNO2/c15-13-7-2-1-4-11(13)9-18-12-6-3-5-10(8-12)14(16)17/h1-8H,9H2,(H2,16,17). The van der Waals surface area contributed by atoms with Crippen LogP contribution >= 0.6 is 11.6 Å². The van der Waals surface area contributed by atoms with Crippen LogP contribution < -0.4 is 10.5 Å². The highest BCUT2D eigenvalue weighted by Crippen LogP contribution is 2.19. The number of amides is 1. The van der Waals surface area contributed by atoms with Crippen LogP contribution in [0.15, 0.2) is 48.5 Å². The minimum Gasteiger partial charge on any atom is -0.489 e. The minimum atomic E-state index is -0.474. The fourth-order valence-electron chi connectivity index (χ4n) is 1.52. The highest BCUT2D eigenvalue weighted by Gasteiger charge is 2.03. The van der Waals surface area contributed by atoms with Gasteiger partial charge in [-0.05, 0) is 24.3 Å². The summed E-state index contributed by atoms with van der Waals surface area (Å²) in [6.07, 6.45) is 0. The van der Waals surface area contributed by atoms with E-state index in [2.05, 4.69) is 0 Å². The molecule has 0 bridgehead atoms. The number of hydrogen-bond acceptors (Lipinski definition) is 2. The van der Waals surface area contributed by atoms with Crippen LogP contribution in [0.2, 0.25) is 5.02 Å². The molecule has 0 atom stereocenters. The molecule has 0 radical (unpaired) electrons. The average Bonchev–Trinajstić information content (AvgIpc) is 2.38. The maximum absolute atomic E-state index is 11.0. The quantitative estimate of drug-likeness (QED) is 0.920. The number of primary amides is 1. The van der Waals surface area contributed by atoms with Crippen molar-refractivity contribution in [1.82, 2.24) is 0 Å². The molecule has 0 fully saturated rings. The summed E-state index contributed by atoms with van der Waals surface area (Å²) in [4.78, 5) is 11.0. The summed E-state index contributed by atoms with van der Waals surface area (Å²) in [6, 6.07) is 14.2. The summed E-state index contributed by atoms with van der Waals surface area (Å²) < 4.78 is 5.57. The molecule has 2 aromatic rings. The summed E-state index contributed by atoms with van der Waals surface area (Å²) in [5.74, 6) is 0.115. The molecular formula is C14H12ClNO2. The zero-order valence-corrected chi connectivity index (χ0v) is 10.4. The Morgan fingerprint density at radius 1 is 1.17 bits per heavy atom. The first-order valence-electron chi connectivity index (χ1n) is 5.43. The highest BCUT2D eigenvalue weighted by atomic mass is 35.5. The van der Waals surface area contributed by atoms with Crippen molar-refractivity contribution in [2.24, 2.45) is 5.73 Å². The second kappa shape index (κ2) is 5.56. The van der Waals surface area contributed by atoms with Crippen LogP contribution in [0.25, 0.3) is 0 Å². The third kappa shape index (κ3) is 3.02. The summed E-state index contributed by atoms with van der Waals surface area (Å²) in [7, 11) is 0. The van der Waals surface area contributed by atoms with Crippen LogP contribution in [0, 0.1) is 0 Å². The van der Waals surface area contributed by atoms with Gasteiger partial charge in [0, 0.05) is 16.1 Å². The summed E-state index contributed by atoms with van der Waals surface area (Å²) in [5, 5.41) is 0.656. The lowest BCUT2D eigenvalue weighted by Gasteiger charge is -2.08. The van der Waals surface area contributed by atoms with Crippen molar-refractivity contribution in [1.29, 1.82) is 0 Å². The van der Waals surface area contributed by atoms with Gasteiger partial charge in [-0.2, -0.15) is 0 Å². The van der Waals surface area contributed by atoms with Gasteiger partial charge >= 0.3 is 0 Å². The Bertz CT molecular complexity index is 569. The predicted molar refractivity (Wildman–Crippen MR) is 70.7 cm³/mol. The number of hydrogen-bond donors (Lipinski definition) is 1. The van der Waals surface area contributed by atoms with Crippen LogP contribution in [0.5, 0.6) is 5.75 Å². The zero-order valence-electron chi connectivity index (χ0n) is 9.60. The van der Waals surface area contributed by atoms with Crippen LogP contribution in [0.4, 0.5) is 0 Å². The fourth-order valence-corrected chi connectivity index (χ4v) is 1.71. The third-order valence-corrected chi connectivity index (χ3v) is 2.84. The van der Waals surface area contributed by atoms with Gasteiger partial charge in [0.2, 0.25) is 5.91 Å². The van der Waals surface area contributed by atoms with Crippen LogP contribution in [0.1, 0.15) is 15.9 Å². The summed E-state index contributed by atoms with van der Waals surface area (Å²) in [5.41, 5.74) is 6.51. The molecule has 2 N–H and O–H groups in total. The lowest BCUT2D eigenvalue weighted by atomic mass is 10.2. The van der Waals surface area contributed by atoms with E-state index >= 15 is 0 Å². The van der Waals surface area contributed by atoms with E-state index in [9.17, 15) is 4.79 Å². The van der Waals surface area contributed by atoms with E-state index in [0.29, 0.717) is 22.9 Å². The molecule has 0 unspecified atom stereocenters. The van der Waals surface area contributed by atoms with Crippen LogP contribution in [0.3, 0.4) is 0 Å². The lowest BCUT2D eigenvalue weighted by Crippen LogP contribution is -2.10. The third-order valence-electron chi connectivity index (χ3n) is 2.47. The van der Waals surface area contributed by atoms with Gasteiger partial charge in [0.1, 0.15) is 12.4 Å². The van der Waals surface area contributed by atoms with Crippen molar-refractivity contribution in [2.75, 3.05) is 0 Å². The molecule has 92 valence electrons. The Morgan fingerprint density at radius 2 is 1.94 bits per heavy atom. The van der Waals surface area contributed by atoms with Gasteiger partial charge in [-0.3, -0.25) is 4.79 Å². The van der Waals surface area contributed by atoms with Gasteiger partial charge in [0.25, 0.3) is 0 Å². The van der Waals surface area contributed by atoms with E-state index in [-0.39, 0.29) is 0 Å². The Balaban J connectivity index is 2.09. The second-order valence-electron chi connectivity index (χ2n) is 3.77. The van der Waals surface area contributed by atoms with E-state index in [1.54, 1.807) is 30.3 Å². The van der Waals surface area contributed by atoms with Crippen molar-refractivity contribution in [3.05, 3.63) is 64.7 Å². The number of carbonyl (C=O) groups is 1. The van der Waals surface area contributed by atoms with Crippen molar-refractivity contribution < 1.29 is 9.53 Å². The molecule has 4 heteroatoms. The van der Waals surface area contributed by atoms with Crippen LogP contribution in [-0.2, 0) is 6.61 Å². The predicted octanol–water partition coefficient (Wildman–Crippen LogP) is 3.02. The molecule has 0 spiro atoms. The van der Waals surface area contributed by atoms with E-state index < -0.39 is 5.91 Å². The van der Waals surface area contributed by atoms with E-state index in [4.69, 9.17) is 22.1 Å². The monoisotopic (exact) mass is 261 g/mol. The van der Waals surface area contributed by atoms with Gasteiger partial charge in [-0.15, -0.1) is 0 Å². The molecular weight excluding hydrogens is 250 g/mol. The molecule has 1 amide bonds. The Labute approximate surface area is 110 Å². The Kier molecular flexibility index (Phi) is 3.85. The Hall–Kier alpha value is -2.00. The minimum absolute atomic E-state index is 0.349. The fraction of sp³-hybridized carbons (Fsp3) is 0.0714. The Morgan fingerprint density at radius 3 is 2.67 bits per heavy atom. The van der Waals surface area contributed by atoms with Crippen molar-refractivity contribution >= 4 is 17.5 Å². The van der Waals surface area contributed by atoms with Crippen molar-refractivity contribution in [3.63, 3.8) is 0 Å². The highest BCUT2D eigenvalue weighted by molar-refractivity contribution is 6.31. The molecule has 0 saturated carbocycles. The van der Waals surface area contributed by atoms with E-state index in [0.717, 1.165) is 5.56 Å². The number of ether oxygens (including phenoxy) is 1. The molecule has 0 aromatic heterocycles. The topological polar surface area (TPSA) is 52.3 Å².